The van der Waals surface area contributed by atoms with Gasteiger partial charge in [-0.2, -0.15) is 0 Å². The van der Waals surface area contributed by atoms with E-state index < -0.39 is 11.8 Å². The van der Waals surface area contributed by atoms with Crippen molar-refractivity contribution in [2.45, 2.75) is 13.8 Å². The number of halogens is 1. The smallest absolute Gasteiger partial charge is 0.340 e. The van der Waals surface area contributed by atoms with Crippen LogP contribution in [0.2, 0.25) is 0 Å². The first-order chi connectivity index (χ1) is 8.45. The van der Waals surface area contributed by atoms with Crippen molar-refractivity contribution in [3.05, 3.63) is 34.8 Å². The van der Waals surface area contributed by atoms with Crippen LogP contribution in [0, 0.1) is 19.7 Å². The molecule has 0 aliphatic heterocycles. The molecule has 0 spiro atoms. The van der Waals surface area contributed by atoms with Gasteiger partial charge in [-0.15, -0.1) is 0 Å². The van der Waals surface area contributed by atoms with E-state index >= 15 is 0 Å². The third-order valence-corrected chi connectivity index (χ3v) is 2.79. The van der Waals surface area contributed by atoms with E-state index in [1.165, 1.54) is 19.2 Å². The summed E-state index contributed by atoms with van der Waals surface area (Å²) < 4.78 is 18.5. The van der Waals surface area contributed by atoms with E-state index in [4.69, 9.17) is 4.74 Å². The quantitative estimate of drug-likeness (QED) is 0.888. The maximum absolute atomic E-state index is 13.4. The summed E-state index contributed by atoms with van der Waals surface area (Å²) in [7, 11) is 1.37. The Bertz CT molecular complexity index is 652. The molecule has 2 rings (SSSR count). The summed E-state index contributed by atoms with van der Waals surface area (Å²) in [6.45, 7) is 3.35. The Morgan fingerprint density at radius 2 is 2.06 bits per heavy atom. The zero-order chi connectivity index (χ0) is 13.4. The van der Waals surface area contributed by atoms with Crippen molar-refractivity contribution >= 4 is 16.9 Å². The number of aromatic carboxylic acids is 1. The third kappa shape index (κ3) is 1.77. The van der Waals surface area contributed by atoms with Crippen LogP contribution in [0.15, 0.2) is 12.1 Å². The molecule has 0 bridgehead atoms. The average molecular weight is 249 g/mol. The Morgan fingerprint density at radius 3 is 2.61 bits per heavy atom. The lowest BCUT2D eigenvalue weighted by Gasteiger charge is -2.12. The van der Waals surface area contributed by atoms with Crippen LogP contribution in [0.3, 0.4) is 0 Å². The van der Waals surface area contributed by atoms with Crippen molar-refractivity contribution in [2.24, 2.45) is 0 Å². The molecule has 2 aromatic rings. The van der Waals surface area contributed by atoms with Crippen LogP contribution in [0.1, 0.15) is 21.6 Å². The number of aryl methyl sites for hydroxylation is 2. The van der Waals surface area contributed by atoms with Gasteiger partial charge in [0, 0.05) is 5.39 Å². The summed E-state index contributed by atoms with van der Waals surface area (Å²) in [5.74, 6) is -1.48. The van der Waals surface area contributed by atoms with E-state index in [0.717, 1.165) is 0 Å². The summed E-state index contributed by atoms with van der Waals surface area (Å²) in [5.41, 5.74) is 1.49. The minimum absolute atomic E-state index is 0.0531. The number of rotatable bonds is 2. The second-order valence-corrected chi connectivity index (χ2v) is 4.03. The van der Waals surface area contributed by atoms with Crippen LogP contribution in [0.4, 0.5) is 4.39 Å². The monoisotopic (exact) mass is 249 g/mol. The summed E-state index contributed by atoms with van der Waals surface area (Å²) in [6, 6.07) is 2.49. The van der Waals surface area contributed by atoms with Gasteiger partial charge in [-0.25, -0.2) is 14.2 Å². The highest BCUT2D eigenvalue weighted by molar-refractivity contribution is 6.06. The SMILES string of the molecule is COc1c(C)nc2c(C)cc(F)cc2c1C(=O)O. The molecule has 4 nitrogen and oxygen atoms in total. The number of carbonyl (C=O) groups is 1. The standard InChI is InChI=1S/C13H12FNO3/c1-6-4-8(14)5-9-10(13(16)17)12(18-3)7(2)15-11(6)9/h4-5H,1-3H3,(H,16,17). The number of methoxy groups -OCH3 is 1. The van der Waals surface area contributed by atoms with Gasteiger partial charge >= 0.3 is 5.97 Å². The average Bonchev–Trinajstić information content (AvgIpc) is 2.28. The Kier molecular flexibility index (Phi) is 2.90. The number of fused-ring (bicyclic) bond motifs is 1. The molecule has 0 aliphatic carbocycles. The highest BCUT2D eigenvalue weighted by atomic mass is 19.1. The first-order valence-electron chi connectivity index (χ1n) is 5.33. The maximum atomic E-state index is 13.4. The summed E-state index contributed by atoms with van der Waals surface area (Å²) >= 11 is 0. The van der Waals surface area contributed by atoms with Gasteiger partial charge in [0.25, 0.3) is 0 Å². The predicted octanol–water partition coefficient (Wildman–Crippen LogP) is 2.70. The lowest BCUT2D eigenvalue weighted by atomic mass is 10.0. The van der Waals surface area contributed by atoms with Gasteiger partial charge < -0.3 is 9.84 Å². The molecule has 94 valence electrons. The third-order valence-electron chi connectivity index (χ3n) is 2.79. The topological polar surface area (TPSA) is 59.4 Å². The minimum atomic E-state index is -1.16. The lowest BCUT2D eigenvalue weighted by molar-refractivity contribution is 0.0695. The number of carboxylic acid groups (broad SMARTS) is 1. The van der Waals surface area contributed by atoms with Gasteiger partial charge in [-0.05, 0) is 31.5 Å². The van der Waals surface area contributed by atoms with Gasteiger partial charge in [-0.3, -0.25) is 0 Å². The molecule has 0 saturated heterocycles. The van der Waals surface area contributed by atoms with E-state index in [1.54, 1.807) is 13.8 Å². The molecule has 1 N–H and O–H groups in total. The number of pyridine rings is 1. The summed E-state index contributed by atoms with van der Waals surface area (Å²) in [4.78, 5) is 15.6. The van der Waals surface area contributed by atoms with E-state index in [-0.39, 0.29) is 16.7 Å². The first-order valence-corrected chi connectivity index (χ1v) is 5.33. The Hall–Kier alpha value is -2.17. The van der Waals surface area contributed by atoms with Crippen LogP contribution in [0.25, 0.3) is 10.9 Å². The van der Waals surface area contributed by atoms with E-state index in [1.807, 2.05) is 0 Å². The fourth-order valence-electron chi connectivity index (χ4n) is 2.06. The van der Waals surface area contributed by atoms with Crippen molar-refractivity contribution in [2.75, 3.05) is 7.11 Å². The highest BCUT2D eigenvalue weighted by Crippen LogP contribution is 2.31. The highest BCUT2D eigenvalue weighted by Gasteiger charge is 2.20. The number of benzene rings is 1. The van der Waals surface area contributed by atoms with Crippen molar-refractivity contribution < 1.29 is 19.0 Å². The number of aromatic nitrogens is 1. The lowest BCUT2D eigenvalue weighted by Crippen LogP contribution is -2.06. The summed E-state index contributed by atoms with van der Waals surface area (Å²) in [6.07, 6.45) is 0. The molecule has 0 amide bonds. The normalized spacial score (nSPS) is 10.7. The first kappa shape index (κ1) is 12.3. The van der Waals surface area contributed by atoms with Crippen molar-refractivity contribution in [1.82, 2.24) is 4.98 Å². The molecule has 0 saturated carbocycles. The molecule has 1 heterocycles. The van der Waals surface area contributed by atoms with Crippen LogP contribution < -0.4 is 4.74 Å². The van der Waals surface area contributed by atoms with E-state index in [9.17, 15) is 14.3 Å². The molecule has 0 fully saturated rings. The number of ether oxygens (including phenoxy) is 1. The number of carboxylic acids is 1. The molecular formula is C13H12FNO3. The van der Waals surface area contributed by atoms with E-state index in [0.29, 0.717) is 16.8 Å². The van der Waals surface area contributed by atoms with Crippen LogP contribution in [0.5, 0.6) is 5.75 Å². The molecule has 0 atom stereocenters. The molecule has 0 aliphatic rings. The Balaban J connectivity index is 3.01. The van der Waals surface area contributed by atoms with Gasteiger partial charge in [-0.1, -0.05) is 0 Å². The maximum Gasteiger partial charge on any atom is 0.340 e. The van der Waals surface area contributed by atoms with Gasteiger partial charge in [0.2, 0.25) is 0 Å². The fourth-order valence-corrected chi connectivity index (χ4v) is 2.06. The molecule has 0 unspecified atom stereocenters. The second-order valence-electron chi connectivity index (χ2n) is 4.03. The summed E-state index contributed by atoms with van der Waals surface area (Å²) in [5, 5.41) is 9.52. The van der Waals surface area contributed by atoms with Gasteiger partial charge in [0.05, 0.1) is 18.3 Å². The predicted molar refractivity (Wildman–Crippen MR) is 64.7 cm³/mol. The second kappa shape index (κ2) is 4.25. The van der Waals surface area contributed by atoms with Crippen molar-refractivity contribution in [1.29, 1.82) is 0 Å². The largest absolute Gasteiger partial charge is 0.494 e. The molecular weight excluding hydrogens is 237 g/mol. The number of hydrogen-bond donors (Lipinski definition) is 1. The van der Waals surface area contributed by atoms with Crippen LogP contribution in [-0.4, -0.2) is 23.2 Å². The fraction of sp³-hybridized carbons (Fsp3) is 0.231. The van der Waals surface area contributed by atoms with Crippen LogP contribution in [-0.2, 0) is 0 Å². The molecule has 1 aromatic heterocycles. The zero-order valence-corrected chi connectivity index (χ0v) is 10.2. The van der Waals surface area contributed by atoms with E-state index in [2.05, 4.69) is 4.98 Å². The zero-order valence-electron chi connectivity index (χ0n) is 10.2. The molecule has 0 radical (unpaired) electrons. The van der Waals surface area contributed by atoms with Crippen molar-refractivity contribution in [3.63, 3.8) is 0 Å². The van der Waals surface area contributed by atoms with Gasteiger partial charge in [0.15, 0.2) is 5.75 Å². The molecule has 1 aromatic carbocycles. The molecule has 18 heavy (non-hydrogen) atoms. The number of nitrogens with zero attached hydrogens (tertiary/aromatic N) is 1. The van der Waals surface area contributed by atoms with Crippen molar-refractivity contribution in [3.8, 4) is 5.75 Å². The Morgan fingerprint density at radius 1 is 1.39 bits per heavy atom. The molecule has 5 heteroatoms. The van der Waals surface area contributed by atoms with Gasteiger partial charge in [0.1, 0.15) is 11.4 Å². The number of hydrogen-bond acceptors (Lipinski definition) is 3. The minimum Gasteiger partial charge on any atom is -0.494 e. The Labute approximate surface area is 103 Å². The van der Waals surface area contributed by atoms with Crippen LogP contribution >= 0.6 is 0 Å².